The normalized spacial score (nSPS) is 16.6. The Morgan fingerprint density at radius 2 is 2.00 bits per heavy atom. The molecule has 2 N–H and O–H groups in total. The maximum absolute atomic E-state index is 12.6. The van der Waals surface area contributed by atoms with Gasteiger partial charge in [-0.2, -0.15) is 17.5 Å². The smallest absolute Gasteiger partial charge is 0.478 e. The number of hydrogen-bond donors (Lipinski definition) is 2. The fourth-order valence-corrected chi connectivity index (χ4v) is 3.95. The van der Waals surface area contributed by atoms with E-state index in [1.807, 2.05) is 13.0 Å². The lowest BCUT2D eigenvalue weighted by Gasteiger charge is -2.31. The van der Waals surface area contributed by atoms with Gasteiger partial charge >= 0.3 is 15.5 Å². The lowest BCUT2D eigenvalue weighted by Crippen LogP contribution is -2.47. The van der Waals surface area contributed by atoms with Crippen LogP contribution in [0.25, 0.3) is 0 Å². The van der Waals surface area contributed by atoms with Crippen LogP contribution in [0.2, 0.25) is 0 Å². The molecule has 0 radical (unpaired) electrons. The van der Waals surface area contributed by atoms with Crippen LogP contribution in [0, 0.1) is 5.92 Å². The summed E-state index contributed by atoms with van der Waals surface area (Å²) in [5, 5.41) is 6.27. The van der Waals surface area contributed by atoms with Gasteiger partial charge in [0.25, 0.3) is 0 Å². The quantitative estimate of drug-likeness (QED) is 0.300. The van der Waals surface area contributed by atoms with Crippen molar-refractivity contribution in [1.29, 1.82) is 0 Å². The number of halogens is 4. The fraction of sp³-hybridized carbons (Fsp3) is 0.647. The van der Waals surface area contributed by atoms with Gasteiger partial charge in [0.05, 0.1) is 6.61 Å². The Labute approximate surface area is 191 Å². The first-order valence-corrected chi connectivity index (χ1v) is 10.7. The average Bonchev–Trinajstić information content (AvgIpc) is 2.69. The SMILES string of the molecule is CCOc1ncccc1CNC(=NC)NCC1CCN(S(=O)(=O)C(F)(F)F)CC1.I. The second-order valence-corrected chi connectivity index (χ2v) is 8.43. The number of piperidine rings is 1. The van der Waals surface area contributed by atoms with Gasteiger partial charge in [-0.25, -0.2) is 13.4 Å². The van der Waals surface area contributed by atoms with Crippen molar-refractivity contribution in [2.75, 3.05) is 33.3 Å². The third kappa shape index (κ3) is 7.11. The molecule has 0 aromatic carbocycles. The van der Waals surface area contributed by atoms with Crippen molar-refractivity contribution < 1.29 is 26.3 Å². The topological polar surface area (TPSA) is 95.9 Å². The molecule has 1 aliphatic heterocycles. The molecule has 0 unspecified atom stereocenters. The van der Waals surface area contributed by atoms with Crippen molar-refractivity contribution in [3.63, 3.8) is 0 Å². The zero-order chi connectivity index (χ0) is 21.5. The average molecular weight is 565 g/mol. The van der Waals surface area contributed by atoms with Crippen molar-refractivity contribution in [3.8, 4) is 5.88 Å². The Kier molecular flexibility index (Phi) is 10.6. The fourth-order valence-electron chi connectivity index (χ4n) is 2.97. The van der Waals surface area contributed by atoms with Gasteiger partial charge in [-0.1, -0.05) is 6.07 Å². The number of hydrogen-bond acceptors (Lipinski definition) is 5. The maximum atomic E-state index is 12.6. The Hall–Kier alpha value is -1.35. The van der Waals surface area contributed by atoms with Crippen LogP contribution < -0.4 is 15.4 Å². The molecular formula is C17H27F3IN5O3S. The Morgan fingerprint density at radius 3 is 2.57 bits per heavy atom. The summed E-state index contributed by atoms with van der Waals surface area (Å²) in [5.41, 5.74) is -4.39. The molecule has 30 heavy (non-hydrogen) atoms. The molecule has 0 spiro atoms. The molecule has 1 aromatic rings. The van der Waals surface area contributed by atoms with Crippen molar-refractivity contribution >= 4 is 40.0 Å². The van der Waals surface area contributed by atoms with E-state index in [0.29, 0.717) is 48.7 Å². The molecule has 0 atom stereocenters. The molecular weight excluding hydrogens is 538 g/mol. The van der Waals surface area contributed by atoms with Crippen molar-refractivity contribution in [2.45, 2.75) is 31.8 Å². The van der Waals surface area contributed by atoms with Gasteiger partial charge in [-0.15, -0.1) is 24.0 Å². The summed E-state index contributed by atoms with van der Waals surface area (Å²) in [7, 11) is -3.64. The molecule has 172 valence electrons. The van der Waals surface area contributed by atoms with Crippen molar-refractivity contribution in [2.24, 2.45) is 10.9 Å². The number of aliphatic imine (C=N–C) groups is 1. The third-order valence-corrected chi connectivity index (χ3v) is 6.19. The number of nitrogens with zero attached hydrogens (tertiary/aromatic N) is 3. The van der Waals surface area contributed by atoms with E-state index in [1.165, 1.54) is 0 Å². The van der Waals surface area contributed by atoms with E-state index in [0.717, 1.165) is 5.56 Å². The molecule has 0 saturated carbocycles. The first-order valence-electron chi connectivity index (χ1n) is 9.26. The minimum atomic E-state index is -5.25. The lowest BCUT2D eigenvalue weighted by molar-refractivity contribution is -0.0496. The second-order valence-electron chi connectivity index (χ2n) is 6.50. The first kappa shape index (κ1) is 26.7. The molecule has 1 aromatic heterocycles. The summed E-state index contributed by atoms with van der Waals surface area (Å²) in [4.78, 5) is 8.31. The van der Waals surface area contributed by atoms with Gasteiger partial charge in [0.2, 0.25) is 5.88 Å². The minimum absolute atomic E-state index is 0. The highest BCUT2D eigenvalue weighted by Crippen LogP contribution is 2.30. The Balaban J connectivity index is 0.00000450. The highest BCUT2D eigenvalue weighted by molar-refractivity contribution is 14.0. The van der Waals surface area contributed by atoms with Crippen LogP contribution in [0.15, 0.2) is 23.3 Å². The molecule has 0 bridgehead atoms. The van der Waals surface area contributed by atoms with Gasteiger partial charge in [0, 0.05) is 45.0 Å². The van der Waals surface area contributed by atoms with E-state index in [-0.39, 0.29) is 43.0 Å². The molecule has 1 aliphatic rings. The largest absolute Gasteiger partial charge is 0.511 e. The first-order chi connectivity index (χ1) is 13.7. The molecule has 2 rings (SSSR count). The van der Waals surface area contributed by atoms with Crippen LogP contribution in [-0.2, 0) is 16.6 Å². The van der Waals surface area contributed by atoms with E-state index in [1.54, 1.807) is 19.3 Å². The van der Waals surface area contributed by atoms with Gasteiger partial charge < -0.3 is 15.4 Å². The number of aromatic nitrogens is 1. The monoisotopic (exact) mass is 565 g/mol. The van der Waals surface area contributed by atoms with Gasteiger partial charge in [-0.3, -0.25) is 4.99 Å². The molecule has 8 nitrogen and oxygen atoms in total. The Morgan fingerprint density at radius 1 is 1.33 bits per heavy atom. The predicted octanol–water partition coefficient (Wildman–Crippen LogP) is 2.32. The number of alkyl halides is 3. The molecule has 0 amide bonds. The van der Waals surface area contributed by atoms with Crippen LogP contribution in [0.3, 0.4) is 0 Å². The van der Waals surface area contributed by atoms with Crippen molar-refractivity contribution in [1.82, 2.24) is 19.9 Å². The second kappa shape index (κ2) is 11.9. The van der Waals surface area contributed by atoms with E-state index in [4.69, 9.17) is 4.74 Å². The number of rotatable bonds is 7. The summed E-state index contributed by atoms with van der Waals surface area (Å²) in [6.45, 7) is 2.99. The maximum Gasteiger partial charge on any atom is 0.511 e. The van der Waals surface area contributed by atoms with Gasteiger partial charge in [0.15, 0.2) is 5.96 Å². The van der Waals surface area contributed by atoms with Crippen LogP contribution in [0.1, 0.15) is 25.3 Å². The zero-order valence-electron chi connectivity index (χ0n) is 16.8. The molecule has 1 saturated heterocycles. The van der Waals surface area contributed by atoms with E-state index in [2.05, 4.69) is 20.6 Å². The standard InChI is InChI=1S/C17H26F3N5O3S.HI/c1-3-28-15-14(5-4-8-22-15)12-24-16(21-2)23-11-13-6-9-25(10-7-13)29(26,27)17(18,19)20;/h4-5,8,13H,3,6-7,9-12H2,1-2H3,(H2,21,23,24);1H. The Bertz CT molecular complexity index is 800. The van der Waals surface area contributed by atoms with Crippen LogP contribution in [0.5, 0.6) is 5.88 Å². The van der Waals surface area contributed by atoms with E-state index >= 15 is 0 Å². The number of pyridine rings is 1. The number of nitrogens with one attached hydrogen (secondary N) is 2. The summed E-state index contributed by atoms with van der Waals surface area (Å²) < 4.78 is 66.8. The number of ether oxygens (including phenoxy) is 1. The summed E-state index contributed by atoms with van der Waals surface area (Å²) in [5.74, 6) is 1.11. The number of guanidine groups is 1. The highest BCUT2D eigenvalue weighted by atomic mass is 127. The van der Waals surface area contributed by atoms with Crippen LogP contribution in [-0.4, -0.2) is 62.5 Å². The van der Waals surface area contributed by atoms with Crippen molar-refractivity contribution in [3.05, 3.63) is 23.9 Å². The summed E-state index contributed by atoms with van der Waals surface area (Å²) in [6, 6.07) is 3.69. The van der Waals surface area contributed by atoms with Crippen LogP contribution in [0.4, 0.5) is 13.2 Å². The minimum Gasteiger partial charge on any atom is -0.478 e. The molecule has 0 aliphatic carbocycles. The highest BCUT2D eigenvalue weighted by Gasteiger charge is 2.50. The summed E-state index contributed by atoms with van der Waals surface area (Å²) >= 11 is 0. The molecule has 2 heterocycles. The zero-order valence-corrected chi connectivity index (χ0v) is 19.9. The molecule has 13 heteroatoms. The van der Waals surface area contributed by atoms with E-state index < -0.39 is 15.5 Å². The number of sulfonamides is 1. The molecule has 1 fully saturated rings. The van der Waals surface area contributed by atoms with Gasteiger partial charge in [-0.05, 0) is 31.7 Å². The predicted molar refractivity (Wildman–Crippen MR) is 118 cm³/mol. The van der Waals surface area contributed by atoms with Crippen LogP contribution >= 0.6 is 24.0 Å². The summed E-state index contributed by atoms with van der Waals surface area (Å²) in [6.07, 6.45) is 2.33. The van der Waals surface area contributed by atoms with E-state index in [9.17, 15) is 21.6 Å². The lowest BCUT2D eigenvalue weighted by atomic mass is 9.98. The van der Waals surface area contributed by atoms with Gasteiger partial charge in [0.1, 0.15) is 0 Å². The third-order valence-electron chi connectivity index (χ3n) is 4.57.